The molecule has 0 aliphatic rings. The van der Waals surface area contributed by atoms with E-state index in [9.17, 15) is 8.42 Å². The van der Waals surface area contributed by atoms with Gasteiger partial charge in [-0.3, -0.25) is 4.55 Å². The van der Waals surface area contributed by atoms with Crippen molar-refractivity contribution in [2.45, 2.75) is 12.8 Å². The fraction of sp³-hybridized carbons (Fsp3) is 0.545. The lowest BCUT2D eigenvalue weighted by atomic mass is 10.3. The molecule has 2 N–H and O–H groups in total. The van der Waals surface area contributed by atoms with Crippen molar-refractivity contribution in [3.63, 3.8) is 0 Å². The summed E-state index contributed by atoms with van der Waals surface area (Å²) in [5.41, 5.74) is 0. The highest BCUT2D eigenvalue weighted by atomic mass is 79.9. The maximum atomic E-state index is 10.4. The second-order valence-corrected chi connectivity index (χ2v) is 8.26. The smallest absolute Gasteiger partial charge is 0.319 e. The maximum absolute atomic E-state index is 10.4. The first-order valence-corrected chi connectivity index (χ1v) is 9.78. The van der Waals surface area contributed by atoms with E-state index in [2.05, 4.69) is 26.2 Å². The number of unbranched alkanes of at least 4 members (excludes halogenated alkanes) is 1. The quantitative estimate of drug-likeness (QED) is 0.362. The SMILES string of the molecule is O=S(=O)(O)SCCNCCCCOc1ccc(Br)cn1. The van der Waals surface area contributed by atoms with Crippen LogP contribution in [-0.4, -0.2) is 43.4 Å². The van der Waals surface area contributed by atoms with E-state index >= 15 is 0 Å². The summed E-state index contributed by atoms with van der Waals surface area (Å²) in [5.74, 6) is 0.934. The molecule has 0 fully saturated rings. The molecular weight excluding hydrogens is 368 g/mol. The lowest BCUT2D eigenvalue weighted by Gasteiger charge is -2.06. The Kier molecular flexibility index (Phi) is 8.46. The van der Waals surface area contributed by atoms with Crippen LogP contribution in [0.4, 0.5) is 0 Å². The molecular formula is C11H17BrN2O4S2. The molecule has 1 aromatic rings. The van der Waals surface area contributed by atoms with Crippen molar-refractivity contribution in [3.8, 4) is 5.88 Å². The minimum Gasteiger partial charge on any atom is -0.478 e. The molecule has 114 valence electrons. The fourth-order valence-corrected chi connectivity index (χ4v) is 2.88. The second-order valence-electron chi connectivity index (χ2n) is 3.87. The Hall–Kier alpha value is -0.350. The number of hydrogen-bond donors (Lipinski definition) is 2. The van der Waals surface area contributed by atoms with Crippen LogP contribution < -0.4 is 10.1 Å². The largest absolute Gasteiger partial charge is 0.478 e. The Labute approximate surface area is 131 Å². The number of nitrogens with zero attached hydrogens (tertiary/aromatic N) is 1. The average Bonchev–Trinajstić information content (AvgIpc) is 2.37. The van der Waals surface area contributed by atoms with E-state index in [1.165, 1.54) is 0 Å². The molecule has 0 aromatic carbocycles. The molecule has 1 heterocycles. The second kappa shape index (κ2) is 9.56. The molecule has 0 unspecified atom stereocenters. The third kappa shape index (κ3) is 9.54. The van der Waals surface area contributed by atoms with E-state index in [0.717, 1.165) is 23.9 Å². The zero-order valence-electron chi connectivity index (χ0n) is 10.8. The zero-order chi connectivity index (χ0) is 14.8. The van der Waals surface area contributed by atoms with Gasteiger partial charge in [0.25, 0.3) is 0 Å². The lowest BCUT2D eigenvalue weighted by Crippen LogP contribution is -2.19. The predicted molar refractivity (Wildman–Crippen MR) is 83.5 cm³/mol. The van der Waals surface area contributed by atoms with E-state index in [-0.39, 0.29) is 0 Å². The van der Waals surface area contributed by atoms with Crippen molar-refractivity contribution < 1.29 is 17.7 Å². The third-order valence-electron chi connectivity index (χ3n) is 2.21. The first-order chi connectivity index (χ1) is 9.47. The van der Waals surface area contributed by atoms with Gasteiger partial charge in [-0.1, -0.05) is 0 Å². The number of ether oxygens (including phenoxy) is 1. The van der Waals surface area contributed by atoms with Crippen LogP contribution in [0.3, 0.4) is 0 Å². The Morgan fingerprint density at radius 2 is 2.15 bits per heavy atom. The Morgan fingerprint density at radius 1 is 1.35 bits per heavy atom. The van der Waals surface area contributed by atoms with Crippen LogP contribution in [0.2, 0.25) is 0 Å². The van der Waals surface area contributed by atoms with Gasteiger partial charge in [0.05, 0.1) is 6.61 Å². The molecule has 0 radical (unpaired) electrons. The van der Waals surface area contributed by atoms with Crippen LogP contribution in [0.25, 0.3) is 0 Å². The molecule has 0 saturated heterocycles. The van der Waals surface area contributed by atoms with Crippen LogP contribution >= 0.6 is 26.7 Å². The van der Waals surface area contributed by atoms with E-state index in [0.29, 0.717) is 35.6 Å². The van der Waals surface area contributed by atoms with E-state index in [1.54, 1.807) is 12.3 Å². The highest BCUT2D eigenvalue weighted by Crippen LogP contribution is 2.12. The summed E-state index contributed by atoms with van der Waals surface area (Å²) in [7, 11) is -3.38. The normalized spacial score (nSPS) is 11.5. The molecule has 20 heavy (non-hydrogen) atoms. The fourth-order valence-electron chi connectivity index (χ4n) is 1.32. The highest BCUT2D eigenvalue weighted by Gasteiger charge is 2.03. The van der Waals surface area contributed by atoms with Crippen molar-refractivity contribution >= 4 is 35.9 Å². The van der Waals surface area contributed by atoms with Gasteiger partial charge in [-0.15, -0.1) is 0 Å². The number of halogens is 1. The van der Waals surface area contributed by atoms with Crippen LogP contribution in [0, 0.1) is 0 Å². The molecule has 0 amide bonds. The van der Waals surface area contributed by atoms with Gasteiger partial charge in [0.1, 0.15) is 0 Å². The molecule has 0 aliphatic heterocycles. The van der Waals surface area contributed by atoms with Gasteiger partial charge in [0, 0.05) is 29.0 Å². The van der Waals surface area contributed by atoms with E-state index < -0.39 is 9.15 Å². The van der Waals surface area contributed by atoms with Crippen molar-refractivity contribution in [3.05, 3.63) is 22.8 Å². The zero-order valence-corrected chi connectivity index (χ0v) is 14.0. The summed E-state index contributed by atoms with van der Waals surface area (Å²) in [6.07, 6.45) is 3.49. The van der Waals surface area contributed by atoms with Crippen LogP contribution in [-0.2, 0) is 9.15 Å². The number of nitrogens with one attached hydrogen (secondary N) is 1. The number of pyridine rings is 1. The minimum atomic E-state index is -3.91. The molecule has 1 rings (SSSR count). The van der Waals surface area contributed by atoms with Crippen LogP contribution in [0.1, 0.15) is 12.8 Å². The Balaban J connectivity index is 1.94. The summed E-state index contributed by atoms with van der Waals surface area (Å²) >= 11 is 3.30. The molecule has 6 nitrogen and oxygen atoms in total. The third-order valence-corrected chi connectivity index (χ3v) is 4.74. The van der Waals surface area contributed by atoms with Crippen LogP contribution in [0.5, 0.6) is 5.88 Å². The topological polar surface area (TPSA) is 88.5 Å². The summed E-state index contributed by atoms with van der Waals surface area (Å²) in [4.78, 5) is 4.09. The number of hydrogen-bond acceptors (Lipinski definition) is 6. The van der Waals surface area contributed by atoms with Crippen LogP contribution in [0.15, 0.2) is 22.8 Å². The molecule has 1 aromatic heterocycles. The lowest BCUT2D eigenvalue weighted by molar-refractivity contribution is 0.294. The van der Waals surface area contributed by atoms with Gasteiger partial charge in [0.15, 0.2) is 0 Å². The van der Waals surface area contributed by atoms with E-state index in [4.69, 9.17) is 9.29 Å². The van der Waals surface area contributed by atoms with Gasteiger partial charge in [-0.05, 0) is 52.2 Å². The Morgan fingerprint density at radius 3 is 2.80 bits per heavy atom. The van der Waals surface area contributed by atoms with Gasteiger partial charge in [-0.2, -0.15) is 8.42 Å². The molecule has 0 spiro atoms. The van der Waals surface area contributed by atoms with Gasteiger partial charge < -0.3 is 10.1 Å². The van der Waals surface area contributed by atoms with E-state index in [1.807, 2.05) is 6.07 Å². The number of rotatable bonds is 10. The summed E-state index contributed by atoms with van der Waals surface area (Å²) in [6, 6.07) is 3.67. The van der Waals surface area contributed by atoms with Crippen molar-refractivity contribution in [1.29, 1.82) is 0 Å². The van der Waals surface area contributed by atoms with Crippen molar-refractivity contribution in [2.75, 3.05) is 25.4 Å². The first kappa shape index (κ1) is 17.7. The molecule has 0 atom stereocenters. The summed E-state index contributed by atoms with van der Waals surface area (Å²) < 4.78 is 35.7. The average molecular weight is 385 g/mol. The molecule has 0 aliphatic carbocycles. The van der Waals surface area contributed by atoms with Gasteiger partial charge in [-0.25, -0.2) is 4.98 Å². The highest BCUT2D eigenvalue weighted by molar-refractivity contribution is 9.10. The maximum Gasteiger partial charge on any atom is 0.319 e. The summed E-state index contributed by atoms with van der Waals surface area (Å²) in [6.45, 7) is 1.92. The van der Waals surface area contributed by atoms with Crippen molar-refractivity contribution in [2.24, 2.45) is 0 Å². The molecule has 9 heteroatoms. The predicted octanol–water partition coefficient (Wildman–Crippen LogP) is 2.13. The van der Waals surface area contributed by atoms with Crippen molar-refractivity contribution in [1.82, 2.24) is 10.3 Å². The standard InChI is InChI=1S/C11H17BrN2O4S2/c12-10-3-4-11(14-9-10)18-7-2-1-5-13-6-8-19-20(15,16)17/h3-4,9,13H,1-2,5-8H2,(H,15,16,17). The summed E-state index contributed by atoms with van der Waals surface area (Å²) in [5, 5.41) is 3.09. The number of aromatic nitrogens is 1. The first-order valence-electron chi connectivity index (χ1n) is 6.04. The molecule has 0 saturated carbocycles. The molecule has 0 bridgehead atoms. The van der Waals surface area contributed by atoms with Gasteiger partial charge in [0.2, 0.25) is 5.88 Å². The monoisotopic (exact) mass is 384 g/mol. The Bertz CT molecular complexity index is 482. The minimum absolute atomic E-state index is 0.331. The van der Waals surface area contributed by atoms with Gasteiger partial charge >= 0.3 is 9.15 Å².